The Kier molecular flexibility index (Phi) is 6.39. The van der Waals surface area contributed by atoms with Gasteiger partial charge in [0.2, 0.25) is 0 Å². The predicted molar refractivity (Wildman–Crippen MR) is 82.0 cm³/mol. The molecule has 0 bridgehead atoms. The molecule has 0 saturated heterocycles. The molecule has 0 radical (unpaired) electrons. The molecule has 0 aliphatic carbocycles. The number of carbonyl (C=O) groups is 2. The van der Waals surface area contributed by atoms with Gasteiger partial charge in [-0.3, -0.25) is 4.55 Å². The van der Waals surface area contributed by atoms with E-state index in [1.807, 2.05) is 0 Å². The number of ether oxygens (including phenoxy) is 2. The molecule has 126 valence electrons. The lowest BCUT2D eigenvalue weighted by Gasteiger charge is -2.12. The summed E-state index contributed by atoms with van der Waals surface area (Å²) >= 11 is 11.6. The molecule has 0 spiro atoms. The van der Waals surface area contributed by atoms with Crippen molar-refractivity contribution >= 4 is 50.9 Å². The lowest BCUT2D eigenvalue weighted by atomic mass is 10.3. The molecule has 1 aromatic rings. The van der Waals surface area contributed by atoms with Crippen molar-refractivity contribution in [2.45, 2.75) is 4.90 Å². The van der Waals surface area contributed by atoms with E-state index in [2.05, 4.69) is 14.8 Å². The van der Waals surface area contributed by atoms with E-state index in [0.29, 0.717) is 0 Å². The number of rotatable bonds is 5. The second-order valence-corrected chi connectivity index (χ2v) is 6.14. The van der Waals surface area contributed by atoms with Crippen LogP contribution in [0.4, 0.5) is 5.69 Å². The molecule has 23 heavy (non-hydrogen) atoms. The summed E-state index contributed by atoms with van der Waals surface area (Å²) in [5.41, 5.74) is -0.318. The molecule has 0 unspecified atom stereocenters. The molecular formula is C12H11Cl2NO7S. The SMILES string of the molecule is COC(=O)/C=C(/Nc1cc(Cl)c(S(=O)(=O)O)cc1Cl)C(=O)OC. The van der Waals surface area contributed by atoms with Crippen LogP contribution in [0, 0.1) is 0 Å². The van der Waals surface area contributed by atoms with Gasteiger partial charge in [-0.05, 0) is 12.1 Å². The minimum Gasteiger partial charge on any atom is -0.466 e. The number of hydrogen-bond acceptors (Lipinski definition) is 7. The van der Waals surface area contributed by atoms with Gasteiger partial charge < -0.3 is 14.8 Å². The summed E-state index contributed by atoms with van der Waals surface area (Å²) in [7, 11) is -2.37. The van der Waals surface area contributed by atoms with Gasteiger partial charge >= 0.3 is 11.9 Å². The second kappa shape index (κ2) is 7.64. The number of halogens is 2. The summed E-state index contributed by atoms with van der Waals surface area (Å²) in [6.07, 6.45) is 0.812. The van der Waals surface area contributed by atoms with Crippen molar-refractivity contribution in [2.24, 2.45) is 0 Å². The molecule has 0 saturated carbocycles. The van der Waals surface area contributed by atoms with E-state index < -0.39 is 27.0 Å². The fourth-order valence-electron chi connectivity index (χ4n) is 1.40. The second-order valence-electron chi connectivity index (χ2n) is 3.94. The van der Waals surface area contributed by atoms with Gasteiger partial charge in [-0.15, -0.1) is 0 Å². The first-order valence-corrected chi connectivity index (χ1v) is 7.91. The van der Waals surface area contributed by atoms with Crippen LogP contribution >= 0.6 is 23.2 Å². The molecule has 0 amide bonds. The lowest BCUT2D eigenvalue weighted by Crippen LogP contribution is -2.16. The van der Waals surface area contributed by atoms with Crippen LogP contribution in [0.5, 0.6) is 0 Å². The van der Waals surface area contributed by atoms with E-state index in [1.54, 1.807) is 0 Å². The number of methoxy groups -OCH3 is 2. The van der Waals surface area contributed by atoms with E-state index in [1.165, 1.54) is 0 Å². The van der Waals surface area contributed by atoms with E-state index in [9.17, 15) is 18.0 Å². The quantitative estimate of drug-likeness (QED) is 0.449. The van der Waals surface area contributed by atoms with Crippen molar-refractivity contribution in [3.05, 3.63) is 34.0 Å². The van der Waals surface area contributed by atoms with E-state index in [-0.39, 0.29) is 21.4 Å². The maximum Gasteiger partial charge on any atom is 0.354 e. The Hall–Kier alpha value is -1.81. The van der Waals surface area contributed by atoms with Gasteiger partial charge in [-0.2, -0.15) is 8.42 Å². The minimum atomic E-state index is -4.57. The molecular weight excluding hydrogens is 373 g/mol. The van der Waals surface area contributed by atoms with Gasteiger partial charge in [-0.1, -0.05) is 23.2 Å². The van der Waals surface area contributed by atoms with Crippen LogP contribution in [0.3, 0.4) is 0 Å². The van der Waals surface area contributed by atoms with Gasteiger partial charge in [0.15, 0.2) is 0 Å². The normalized spacial score (nSPS) is 11.8. The van der Waals surface area contributed by atoms with E-state index >= 15 is 0 Å². The molecule has 8 nitrogen and oxygen atoms in total. The molecule has 0 heterocycles. The summed E-state index contributed by atoms with van der Waals surface area (Å²) in [5, 5.41) is 1.95. The summed E-state index contributed by atoms with van der Waals surface area (Å²) < 4.78 is 40.1. The molecule has 0 atom stereocenters. The molecule has 0 aromatic heterocycles. The number of nitrogens with one attached hydrogen (secondary N) is 1. The van der Waals surface area contributed by atoms with Gasteiger partial charge in [0, 0.05) is 0 Å². The Morgan fingerprint density at radius 2 is 1.78 bits per heavy atom. The Labute approximate surface area is 141 Å². The van der Waals surface area contributed by atoms with Crippen LogP contribution in [-0.2, 0) is 29.2 Å². The highest BCUT2D eigenvalue weighted by atomic mass is 35.5. The number of hydrogen-bond donors (Lipinski definition) is 2. The largest absolute Gasteiger partial charge is 0.466 e. The Bertz CT molecular complexity index is 774. The highest BCUT2D eigenvalue weighted by molar-refractivity contribution is 7.86. The highest BCUT2D eigenvalue weighted by Crippen LogP contribution is 2.32. The Morgan fingerprint density at radius 3 is 2.26 bits per heavy atom. The number of carbonyl (C=O) groups excluding carboxylic acids is 2. The van der Waals surface area contributed by atoms with Crippen molar-refractivity contribution in [3.8, 4) is 0 Å². The number of esters is 2. The van der Waals surface area contributed by atoms with Crippen LogP contribution in [-0.4, -0.2) is 39.1 Å². The fraction of sp³-hybridized carbons (Fsp3) is 0.167. The van der Waals surface area contributed by atoms with Gasteiger partial charge in [0.05, 0.1) is 36.0 Å². The molecule has 0 fully saturated rings. The highest BCUT2D eigenvalue weighted by Gasteiger charge is 2.20. The first-order valence-electron chi connectivity index (χ1n) is 5.71. The molecule has 0 aliphatic heterocycles. The van der Waals surface area contributed by atoms with Crippen molar-refractivity contribution < 1.29 is 32.0 Å². The zero-order chi connectivity index (χ0) is 17.8. The minimum absolute atomic E-state index is 0.00428. The van der Waals surface area contributed by atoms with Crippen LogP contribution in [0.1, 0.15) is 0 Å². The molecule has 1 aromatic carbocycles. The first kappa shape index (κ1) is 19.2. The van der Waals surface area contributed by atoms with Gasteiger partial charge in [0.25, 0.3) is 10.1 Å². The van der Waals surface area contributed by atoms with Crippen LogP contribution in [0.2, 0.25) is 10.0 Å². The summed E-state index contributed by atoms with van der Waals surface area (Å²) in [5.74, 6) is -1.74. The third kappa shape index (κ3) is 5.10. The van der Waals surface area contributed by atoms with E-state index in [0.717, 1.165) is 32.4 Å². The van der Waals surface area contributed by atoms with Crippen LogP contribution in [0.15, 0.2) is 28.8 Å². The van der Waals surface area contributed by atoms with Crippen LogP contribution < -0.4 is 5.32 Å². The zero-order valence-electron chi connectivity index (χ0n) is 11.8. The molecule has 2 N–H and O–H groups in total. The van der Waals surface area contributed by atoms with Gasteiger partial charge in [-0.25, -0.2) is 9.59 Å². The van der Waals surface area contributed by atoms with Gasteiger partial charge in [0.1, 0.15) is 10.6 Å². The van der Waals surface area contributed by atoms with E-state index in [4.69, 9.17) is 27.8 Å². The first-order chi connectivity index (χ1) is 10.6. The fourth-order valence-corrected chi connectivity index (χ4v) is 2.70. The number of anilines is 1. The predicted octanol–water partition coefficient (Wildman–Crippen LogP) is 1.88. The Morgan fingerprint density at radius 1 is 1.17 bits per heavy atom. The van der Waals surface area contributed by atoms with Crippen molar-refractivity contribution in [2.75, 3.05) is 19.5 Å². The average Bonchev–Trinajstić information content (AvgIpc) is 2.47. The smallest absolute Gasteiger partial charge is 0.354 e. The monoisotopic (exact) mass is 383 g/mol. The van der Waals surface area contributed by atoms with Crippen LogP contribution in [0.25, 0.3) is 0 Å². The van der Waals surface area contributed by atoms with Crippen molar-refractivity contribution in [1.29, 1.82) is 0 Å². The maximum atomic E-state index is 11.6. The third-order valence-electron chi connectivity index (χ3n) is 2.44. The lowest BCUT2D eigenvalue weighted by molar-refractivity contribution is -0.138. The maximum absolute atomic E-state index is 11.6. The third-order valence-corrected chi connectivity index (χ3v) is 4.07. The Balaban J connectivity index is 3.30. The standard InChI is InChI=1S/C12H11Cl2NO7S/c1-21-11(16)5-9(12(17)22-2)15-8-3-7(14)10(4-6(8)13)23(18,19)20/h3-5,15H,1-2H3,(H,18,19,20)/b9-5+. The molecule has 11 heteroatoms. The number of benzene rings is 1. The summed E-state index contributed by atoms with van der Waals surface area (Å²) in [4.78, 5) is 22.3. The van der Waals surface area contributed by atoms with Crippen molar-refractivity contribution in [1.82, 2.24) is 0 Å². The summed E-state index contributed by atoms with van der Waals surface area (Å²) in [6, 6.07) is 1.94. The topological polar surface area (TPSA) is 119 Å². The molecule has 1 rings (SSSR count). The summed E-state index contributed by atoms with van der Waals surface area (Å²) in [6.45, 7) is 0. The zero-order valence-corrected chi connectivity index (χ0v) is 14.1. The average molecular weight is 384 g/mol. The molecule has 0 aliphatic rings. The van der Waals surface area contributed by atoms with Crippen molar-refractivity contribution in [3.63, 3.8) is 0 Å².